The minimum atomic E-state index is -1.32. The fourth-order valence-corrected chi connectivity index (χ4v) is 16.7. The molecule has 4 aromatic rings. The zero-order valence-corrected chi connectivity index (χ0v) is 42.0. The molecule has 2 fully saturated rings. The van der Waals surface area contributed by atoms with E-state index < -0.39 is 22.9 Å². The summed E-state index contributed by atoms with van der Waals surface area (Å²) in [5, 5.41) is 0. The van der Waals surface area contributed by atoms with E-state index in [0.717, 1.165) is 21.4 Å². The molecule has 0 aromatic heterocycles. The molecule has 2 unspecified atom stereocenters. The number of hydrogen-bond acceptors (Lipinski definition) is 0. The number of hydrogen-bond donors (Lipinski definition) is 0. The fraction of sp³-hybridized carbons (Fsp3) is 0.481. The van der Waals surface area contributed by atoms with Gasteiger partial charge in [0.15, 0.2) is 0 Å². The summed E-state index contributed by atoms with van der Waals surface area (Å²) in [5.74, 6) is 1.57. The predicted molar refractivity (Wildman–Crippen MR) is 244 cm³/mol. The zero-order valence-electron chi connectivity index (χ0n) is 37.3. The van der Waals surface area contributed by atoms with Crippen LogP contribution in [-0.4, -0.2) is 9.52 Å². The topological polar surface area (TPSA) is 0 Å². The van der Waals surface area contributed by atoms with Crippen molar-refractivity contribution in [3.8, 4) is 22.3 Å². The van der Waals surface area contributed by atoms with Crippen molar-refractivity contribution in [2.45, 2.75) is 151 Å². The Kier molecular flexibility index (Phi) is 11.3. The first-order valence-corrected chi connectivity index (χ1v) is 28.2. The van der Waals surface area contributed by atoms with Gasteiger partial charge in [-0.1, -0.05) is 13.1 Å². The molecule has 0 nitrogen and oxygen atoms in total. The number of fused-ring (bicyclic) bond motifs is 2. The van der Waals surface area contributed by atoms with Gasteiger partial charge in [0.05, 0.1) is 0 Å². The Balaban J connectivity index is 0.00000155. The standard InChI is InChI=1S/2C26H31.C2H7Si.Hf/c2*1-25(2,3)21-13-20(14-22(16-21)26(4,5)6)23-9-7-8-18-12-19(15-24(18)23)17-10-11-17;1-3-2;/h2*7-9,12-17H,10-11H2,1-6H3;3H,1-2H3;. The van der Waals surface area contributed by atoms with Crippen LogP contribution >= 0.6 is 0 Å². The normalized spacial score (nSPS) is 19.5. The molecule has 1 radical (unpaired) electrons. The molecule has 0 saturated heterocycles. The van der Waals surface area contributed by atoms with Gasteiger partial charge in [0.2, 0.25) is 0 Å². The van der Waals surface area contributed by atoms with Gasteiger partial charge in [0, 0.05) is 9.52 Å². The first kappa shape index (κ1) is 41.6. The minimum absolute atomic E-state index is 0.101. The molecule has 2 atom stereocenters. The second kappa shape index (κ2) is 15.2. The Hall–Kier alpha value is -2.55. The van der Waals surface area contributed by atoms with Gasteiger partial charge in [-0.25, -0.2) is 0 Å². The first-order valence-electron chi connectivity index (χ1n) is 21.7. The Morgan fingerprint density at radius 3 is 1.04 bits per heavy atom. The summed E-state index contributed by atoms with van der Waals surface area (Å²) < 4.78 is 1.34. The molecule has 0 heterocycles. The van der Waals surface area contributed by atoms with Crippen LogP contribution in [0.1, 0.15) is 161 Å². The van der Waals surface area contributed by atoms with E-state index in [1.165, 1.54) is 81.3 Å². The van der Waals surface area contributed by atoms with Crippen molar-refractivity contribution in [2.24, 2.45) is 11.8 Å². The van der Waals surface area contributed by atoms with Gasteiger partial charge >= 0.3 is 335 Å². The maximum absolute atomic E-state index is 2.71. The van der Waals surface area contributed by atoms with Gasteiger partial charge in [0.25, 0.3) is 0 Å². The van der Waals surface area contributed by atoms with Gasteiger partial charge in [0.1, 0.15) is 0 Å². The van der Waals surface area contributed by atoms with E-state index in [0.29, 0.717) is 7.35 Å². The molecule has 2 heteroatoms. The fourth-order valence-electron chi connectivity index (χ4n) is 8.73. The van der Waals surface area contributed by atoms with Crippen molar-refractivity contribution in [1.29, 1.82) is 0 Å². The van der Waals surface area contributed by atoms with E-state index in [9.17, 15) is 0 Å². The third-order valence-corrected chi connectivity index (χ3v) is 19.6. The maximum atomic E-state index is 2.71. The number of allylic oxidation sites excluding steroid dienone is 2. The smallest absolute Gasteiger partial charge is 0.0213 e. The van der Waals surface area contributed by atoms with E-state index in [2.05, 4.69) is 181 Å². The SMILES string of the molecule is CC(C)(C)c1cc(-c2cccc3c2C=C(C2CC2)[CH]3[Hf][CH]2C(C3CC3)=Cc3c(-c4cc(C(C)(C)C)cc(C(C)(C)C)c4)cccc32)cc(C(C)(C)C)c1.C[SiH]C. The van der Waals surface area contributed by atoms with Crippen LogP contribution in [0.4, 0.5) is 0 Å². The summed E-state index contributed by atoms with van der Waals surface area (Å²) in [7, 11) is 0.750. The summed E-state index contributed by atoms with van der Waals surface area (Å²) in [5.41, 5.74) is 21.8. The number of benzene rings is 4. The maximum Gasteiger partial charge on any atom is 0.0213 e. The van der Waals surface area contributed by atoms with Gasteiger partial charge in [-0.3, -0.25) is 0 Å². The van der Waals surface area contributed by atoms with E-state index in [1.54, 1.807) is 22.3 Å². The Bertz CT molecular complexity index is 1960. The Morgan fingerprint density at radius 1 is 0.464 bits per heavy atom. The van der Waals surface area contributed by atoms with Crippen LogP contribution < -0.4 is 0 Å². The number of rotatable bonds is 6. The largest absolute Gasteiger partial charge is 0.0743 e. The van der Waals surface area contributed by atoms with Crippen molar-refractivity contribution in [3.05, 3.63) is 128 Å². The summed E-state index contributed by atoms with van der Waals surface area (Å²) in [4.78, 5) is 0. The molecular formula is C54H69HfSi. The first-order chi connectivity index (χ1) is 26.2. The molecule has 293 valence electrons. The van der Waals surface area contributed by atoms with Crippen LogP contribution in [0.15, 0.2) is 83.9 Å². The molecule has 0 amide bonds. The molecular weight excluding hydrogens is 855 g/mol. The van der Waals surface area contributed by atoms with Crippen LogP contribution in [0.25, 0.3) is 34.4 Å². The molecule has 4 aliphatic carbocycles. The predicted octanol–water partition coefficient (Wildman–Crippen LogP) is 15.2. The molecule has 4 aliphatic rings. The van der Waals surface area contributed by atoms with E-state index in [-0.39, 0.29) is 21.7 Å². The van der Waals surface area contributed by atoms with Gasteiger partial charge < -0.3 is 0 Å². The van der Waals surface area contributed by atoms with E-state index in [4.69, 9.17) is 0 Å². The third kappa shape index (κ3) is 8.59. The molecule has 0 spiro atoms. The molecule has 2 saturated carbocycles. The molecule has 0 N–H and O–H groups in total. The van der Waals surface area contributed by atoms with Crippen molar-refractivity contribution in [1.82, 2.24) is 0 Å². The van der Waals surface area contributed by atoms with Crippen molar-refractivity contribution >= 4 is 21.7 Å². The molecule has 4 aromatic carbocycles. The van der Waals surface area contributed by atoms with Crippen LogP contribution in [-0.2, 0) is 44.6 Å². The van der Waals surface area contributed by atoms with Gasteiger partial charge in [-0.15, -0.1) is 0 Å². The Morgan fingerprint density at radius 2 is 0.768 bits per heavy atom. The van der Waals surface area contributed by atoms with Crippen LogP contribution in [0, 0.1) is 11.8 Å². The minimum Gasteiger partial charge on any atom is -0.0743 e. The zero-order chi connectivity index (χ0) is 40.5. The molecule has 0 bridgehead atoms. The van der Waals surface area contributed by atoms with Crippen LogP contribution in [0.2, 0.25) is 13.1 Å². The van der Waals surface area contributed by atoms with Crippen LogP contribution in [0.5, 0.6) is 0 Å². The van der Waals surface area contributed by atoms with Gasteiger partial charge in [-0.2, -0.15) is 0 Å². The second-order valence-electron chi connectivity index (χ2n) is 21.7. The average molecular weight is 925 g/mol. The van der Waals surface area contributed by atoms with Crippen molar-refractivity contribution in [2.75, 3.05) is 0 Å². The third-order valence-electron chi connectivity index (χ3n) is 12.6. The van der Waals surface area contributed by atoms with E-state index in [1.807, 2.05) is 0 Å². The second-order valence-corrected chi connectivity index (χ2v) is 28.2. The molecule has 56 heavy (non-hydrogen) atoms. The summed E-state index contributed by atoms with van der Waals surface area (Å²) >= 11 is -1.32. The quantitative estimate of drug-likeness (QED) is 0.169. The molecule has 8 rings (SSSR count). The summed E-state index contributed by atoms with van der Waals surface area (Å²) in [6.07, 6.45) is 10.9. The average Bonchev–Trinajstić information content (AvgIpc) is 4.06. The Labute approximate surface area is 355 Å². The van der Waals surface area contributed by atoms with Gasteiger partial charge in [-0.05, 0) is 0 Å². The van der Waals surface area contributed by atoms with Crippen molar-refractivity contribution in [3.63, 3.8) is 0 Å². The summed E-state index contributed by atoms with van der Waals surface area (Å²) in [6, 6.07) is 29.7. The van der Waals surface area contributed by atoms with Crippen molar-refractivity contribution < 1.29 is 22.9 Å². The van der Waals surface area contributed by atoms with E-state index >= 15 is 0 Å². The monoisotopic (exact) mass is 925 g/mol. The van der Waals surface area contributed by atoms with Crippen LogP contribution in [0.3, 0.4) is 0 Å². The summed E-state index contributed by atoms with van der Waals surface area (Å²) in [6.45, 7) is 32.8. The molecule has 0 aliphatic heterocycles.